The fourth-order valence-corrected chi connectivity index (χ4v) is 6.93. The van der Waals surface area contributed by atoms with Crippen molar-refractivity contribution in [2.45, 2.75) is 63.2 Å². The van der Waals surface area contributed by atoms with E-state index in [1.165, 1.54) is 23.7 Å². The molecule has 9 nitrogen and oxygen atoms in total. The molecule has 0 unspecified atom stereocenters. The number of thioether (sulfide) groups is 1. The Morgan fingerprint density at radius 3 is 1.72 bits per heavy atom. The van der Waals surface area contributed by atoms with Crippen molar-refractivity contribution >= 4 is 31.4 Å². The number of hydrogen-bond acceptors (Lipinski definition) is 9. The van der Waals surface area contributed by atoms with Gasteiger partial charge in [-0.25, -0.2) is 4.79 Å². The first-order valence-corrected chi connectivity index (χ1v) is 18.8. The zero-order valence-electron chi connectivity index (χ0n) is 28.7. The lowest BCUT2D eigenvalue weighted by molar-refractivity contribution is -0.154. The van der Waals surface area contributed by atoms with Gasteiger partial charge in [-0.05, 0) is 55.2 Å². The second kappa shape index (κ2) is 19.2. The summed E-state index contributed by atoms with van der Waals surface area (Å²) in [5, 5.41) is 1.83. The van der Waals surface area contributed by atoms with Crippen LogP contribution in [0.1, 0.15) is 43.0 Å². The molecule has 1 amide bonds. The van der Waals surface area contributed by atoms with E-state index in [1.54, 1.807) is 27.9 Å². The van der Waals surface area contributed by atoms with Gasteiger partial charge in [-0.3, -0.25) is 9.36 Å². The number of hydrogen-bond donors (Lipinski definition) is 1. The van der Waals surface area contributed by atoms with Gasteiger partial charge >= 0.3 is 19.7 Å². The predicted molar refractivity (Wildman–Crippen MR) is 197 cm³/mol. The third-order valence-corrected chi connectivity index (χ3v) is 9.90. The van der Waals surface area contributed by atoms with Gasteiger partial charge in [-0.2, -0.15) is 0 Å². The molecule has 11 heteroatoms. The highest BCUT2D eigenvalue weighted by molar-refractivity contribution is 7.99. The highest BCUT2D eigenvalue weighted by Crippen LogP contribution is 2.51. The van der Waals surface area contributed by atoms with Crippen molar-refractivity contribution < 1.29 is 37.4 Å². The molecule has 0 saturated carbocycles. The molecule has 4 aromatic carbocycles. The van der Waals surface area contributed by atoms with Gasteiger partial charge in [-0.15, -0.1) is 11.8 Å². The van der Waals surface area contributed by atoms with Crippen LogP contribution in [-0.2, 0) is 53.5 Å². The molecule has 4 aromatic rings. The molecule has 0 bridgehead atoms. The first kappa shape index (κ1) is 38.5. The third-order valence-electron chi connectivity index (χ3n) is 7.04. The monoisotopic (exact) mass is 717 g/mol. The van der Waals surface area contributed by atoms with Crippen molar-refractivity contribution in [2.24, 2.45) is 0 Å². The van der Waals surface area contributed by atoms with Gasteiger partial charge in [0.1, 0.15) is 23.2 Å². The van der Waals surface area contributed by atoms with Crippen molar-refractivity contribution in [3.05, 3.63) is 149 Å². The minimum absolute atomic E-state index is 0.0101. The van der Waals surface area contributed by atoms with E-state index in [4.69, 9.17) is 23.3 Å². The number of alkyl carbamates (subject to hydrolysis) is 1. The topological polar surface area (TPSA) is 109 Å². The summed E-state index contributed by atoms with van der Waals surface area (Å²) in [5.74, 6) is 1.82. The Balaban J connectivity index is 1.65. The minimum Gasteiger partial charge on any atom is -0.497 e. The van der Waals surface area contributed by atoms with Crippen LogP contribution in [0, 0.1) is 0 Å². The maximum Gasteiger partial charge on any atom is 0.407 e. The molecule has 50 heavy (non-hydrogen) atoms. The van der Waals surface area contributed by atoms with Crippen LogP contribution in [0.3, 0.4) is 0 Å². The maximum atomic E-state index is 14.3. The van der Waals surface area contributed by atoms with Gasteiger partial charge in [0, 0.05) is 11.6 Å². The average Bonchev–Trinajstić information content (AvgIpc) is 3.12. The zero-order valence-corrected chi connectivity index (χ0v) is 30.4. The molecular formula is C39H44NO8PS. The van der Waals surface area contributed by atoms with Crippen molar-refractivity contribution in [1.82, 2.24) is 5.32 Å². The Kier molecular flexibility index (Phi) is 14.7. The molecule has 0 saturated heterocycles. The SMILES string of the molecule is COc1ccc(CS[C@H](C(=O)OC(C)(C)C)[C@H](/C=C/P(=O)(OCc2ccccc2)OCc2ccccc2)NC(=O)OCc2ccccc2)cc1. The van der Waals surface area contributed by atoms with Crippen LogP contribution in [0.5, 0.6) is 5.75 Å². The van der Waals surface area contributed by atoms with Gasteiger partial charge < -0.3 is 28.6 Å². The number of nitrogens with one attached hydrogen (secondary N) is 1. The summed E-state index contributed by atoms with van der Waals surface area (Å²) in [6.45, 7) is 5.34. The second-order valence-corrected chi connectivity index (χ2v) is 15.3. The number of carbonyl (C=O) groups is 2. The summed E-state index contributed by atoms with van der Waals surface area (Å²) in [6, 6.07) is 34.3. The van der Waals surface area contributed by atoms with E-state index in [9.17, 15) is 14.2 Å². The average molecular weight is 718 g/mol. The number of rotatable bonds is 17. The summed E-state index contributed by atoms with van der Waals surface area (Å²) in [5.41, 5.74) is 2.49. The van der Waals surface area contributed by atoms with Crippen molar-refractivity contribution in [1.29, 1.82) is 0 Å². The fourth-order valence-electron chi connectivity index (χ4n) is 4.51. The van der Waals surface area contributed by atoms with E-state index in [0.717, 1.165) is 22.3 Å². The van der Waals surface area contributed by atoms with Crippen molar-refractivity contribution in [2.75, 3.05) is 7.11 Å². The molecule has 264 valence electrons. The highest BCUT2D eigenvalue weighted by atomic mass is 32.2. The molecule has 2 atom stereocenters. The maximum absolute atomic E-state index is 14.3. The van der Waals surface area contributed by atoms with E-state index in [0.29, 0.717) is 11.5 Å². The van der Waals surface area contributed by atoms with E-state index >= 15 is 0 Å². The van der Waals surface area contributed by atoms with Crippen LogP contribution in [0.4, 0.5) is 4.79 Å². The Morgan fingerprint density at radius 1 is 0.740 bits per heavy atom. The Hall–Kier alpha value is -4.34. The number of methoxy groups -OCH3 is 1. The molecule has 1 N–H and O–H groups in total. The number of amides is 1. The lowest BCUT2D eigenvalue weighted by atomic mass is 10.1. The first-order chi connectivity index (χ1) is 24.0. The summed E-state index contributed by atoms with van der Waals surface area (Å²) in [7, 11) is -2.36. The van der Waals surface area contributed by atoms with E-state index in [1.807, 2.05) is 115 Å². The Bertz CT molecular complexity index is 1650. The van der Waals surface area contributed by atoms with Crippen LogP contribution in [-0.4, -0.2) is 36.1 Å². The minimum atomic E-state index is -3.96. The fraction of sp³-hybridized carbons (Fsp3) is 0.282. The largest absolute Gasteiger partial charge is 0.497 e. The van der Waals surface area contributed by atoms with Crippen LogP contribution in [0.2, 0.25) is 0 Å². The van der Waals surface area contributed by atoms with E-state index < -0.39 is 36.6 Å². The lowest BCUT2D eigenvalue weighted by Gasteiger charge is -2.28. The summed E-state index contributed by atoms with van der Waals surface area (Å²) >= 11 is 1.26. The summed E-state index contributed by atoms with van der Waals surface area (Å²) in [6.07, 6.45) is 0.697. The van der Waals surface area contributed by atoms with E-state index in [-0.39, 0.29) is 19.8 Å². The molecular weight excluding hydrogens is 673 g/mol. The number of esters is 1. The Labute approximate surface area is 298 Å². The Morgan fingerprint density at radius 2 is 1.24 bits per heavy atom. The van der Waals surface area contributed by atoms with Crippen LogP contribution in [0.25, 0.3) is 0 Å². The predicted octanol–water partition coefficient (Wildman–Crippen LogP) is 9.07. The molecule has 0 aliphatic heterocycles. The molecule has 0 heterocycles. The molecule has 0 fully saturated rings. The quantitative estimate of drug-likeness (QED) is 0.0845. The summed E-state index contributed by atoms with van der Waals surface area (Å²) < 4.78 is 42.8. The normalized spacial score (nSPS) is 13.0. The first-order valence-electron chi connectivity index (χ1n) is 16.1. The van der Waals surface area contributed by atoms with Gasteiger partial charge in [0.2, 0.25) is 0 Å². The number of ether oxygens (including phenoxy) is 3. The van der Waals surface area contributed by atoms with E-state index in [2.05, 4.69) is 5.32 Å². The van der Waals surface area contributed by atoms with Gasteiger partial charge in [0.25, 0.3) is 0 Å². The highest BCUT2D eigenvalue weighted by Gasteiger charge is 2.34. The molecule has 4 rings (SSSR count). The van der Waals surface area contributed by atoms with Gasteiger partial charge in [-0.1, -0.05) is 109 Å². The van der Waals surface area contributed by atoms with Crippen LogP contribution in [0.15, 0.2) is 127 Å². The van der Waals surface area contributed by atoms with Gasteiger partial charge in [0.15, 0.2) is 0 Å². The second-order valence-electron chi connectivity index (χ2n) is 12.2. The molecule has 0 aliphatic carbocycles. The molecule has 0 aromatic heterocycles. The molecule has 0 aliphatic rings. The van der Waals surface area contributed by atoms with Crippen LogP contribution < -0.4 is 10.1 Å². The third kappa shape index (κ3) is 13.5. The standard InChI is InChI=1S/C39H44NO8PS/c1-39(2,3)48-37(41)36(50-29-33-20-22-34(44-4)23-21-33)35(40-38(42)45-26-30-14-8-5-9-15-30)24-25-49(43,46-27-31-16-10-6-11-17-31)47-28-32-18-12-7-13-19-32/h5-25,35-36H,26-29H2,1-4H3,(H,40,42)/b25-24+/t35-,36-/m0/s1. The van der Waals surface area contributed by atoms with Crippen LogP contribution >= 0.6 is 19.4 Å². The van der Waals surface area contributed by atoms with Gasteiger partial charge in [0.05, 0.1) is 26.4 Å². The smallest absolute Gasteiger partial charge is 0.407 e. The van der Waals surface area contributed by atoms with Crippen molar-refractivity contribution in [3.63, 3.8) is 0 Å². The molecule has 0 radical (unpaired) electrons. The number of carbonyl (C=O) groups excluding carboxylic acids is 2. The van der Waals surface area contributed by atoms with Crippen molar-refractivity contribution in [3.8, 4) is 5.75 Å². The number of benzene rings is 4. The lowest BCUT2D eigenvalue weighted by Crippen LogP contribution is -2.46. The summed E-state index contributed by atoms with van der Waals surface area (Å²) in [4.78, 5) is 27.1. The zero-order chi connectivity index (χ0) is 35.8. The molecule has 0 spiro atoms.